The lowest BCUT2D eigenvalue weighted by Gasteiger charge is -2.32. The largest absolute Gasteiger partial charge is 0.399 e. The van der Waals surface area contributed by atoms with Crippen molar-refractivity contribution in [3.63, 3.8) is 0 Å². The first-order chi connectivity index (χ1) is 13.7. The number of carbonyl (C=O) groups excluding carboxylic acids is 1. The number of fused-ring (bicyclic) bond motifs is 2. The van der Waals surface area contributed by atoms with E-state index in [0.717, 1.165) is 5.56 Å². The van der Waals surface area contributed by atoms with Crippen LogP contribution in [0.5, 0.6) is 0 Å². The van der Waals surface area contributed by atoms with Gasteiger partial charge in [-0.05, 0) is 18.7 Å². The van der Waals surface area contributed by atoms with Gasteiger partial charge in [-0.3, -0.25) is 19.8 Å². The molecule has 2 aromatic rings. The molecular weight excluding hydrogens is 387 g/mol. The van der Waals surface area contributed by atoms with Crippen molar-refractivity contribution in [1.29, 1.82) is 0 Å². The Morgan fingerprint density at radius 2 is 1.76 bits per heavy atom. The Morgan fingerprint density at radius 1 is 1.14 bits per heavy atom. The lowest BCUT2D eigenvalue weighted by Crippen LogP contribution is -2.57. The molecule has 4 rings (SSSR count). The Morgan fingerprint density at radius 3 is 2.38 bits per heavy atom. The van der Waals surface area contributed by atoms with Crippen molar-refractivity contribution in [1.82, 2.24) is 4.90 Å². The van der Waals surface area contributed by atoms with Crippen LogP contribution in [0.15, 0.2) is 54.6 Å². The quantitative estimate of drug-likeness (QED) is 0.581. The summed E-state index contributed by atoms with van der Waals surface area (Å²) in [6.45, 7) is -0.498. The maximum absolute atomic E-state index is 13.7. The minimum Gasteiger partial charge on any atom is -0.305 e. The molecule has 2 aromatic carbocycles. The fourth-order valence-electron chi connectivity index (χ4n) is 4.68. The van der Waals surface area contributed by atoms with Crippen molar-refractivity contribution in [2.75, 3.05) is 18.5 Å². The smallest absolute Gasteiger partial charge is 0.305 e. The first kappa shape index (κ1) is 19.4. The van der Waals surface area contributed by atoms with Crippen LogP contribution in [0.2, 0.25) is 0 Å². The molecule has 0 aliphatic carbocycles. The van der Waals surface area contributed by atoms with E-state index in [1.807, 2.05) is 6.07 Å². The van der Waals surface area contributed by atoms with Gasteiger partial charge in [-0.25, -0.2) is 0 Å². The number of hydrogen-bond donors (Lipinski definition) is 0. The van der Waals surface area contributed by atoms with Gasteiger partial charge in [0, 0.05) is 22.7 Å². The third kappa shape index (κ3) is 2.71. The van der Waals surface area contributed by atoms with Gasteiger partial charge < -0.3 is 4.90 Å². The molecule has 0 bridgehead atoms. The van der Waals surface area contributed by atoms with E-state index >= 15 is 0 Å². The number of rotatable bonds is 3. The molecule has 3 atom stereocenters. The molecule has 2 aliphatic heterocycles. The van der Waals surface area contributed by atoms with Crippen molar-refractivity contribution in [3.8, 4) is 0 Å². The summed E-state index contributed by atoms with van der Waals surface area (Å²) in [6.07, 6.45) is -4.79. The number of likely N-dealkylation sites (N-methyl/N-ethyl adjacent to an activating group) is 1. The van der Waals surface area contributed by atoms with E-state index in [0.29, 0.717) is 5.69 Å². The van der Waals surface area contributed by atoms with Crippen LogP contribution in [0, 0.1) is 16.0 Å². The van der Waals surface area contributed by atoms with Crippen LogP contribution in [0.1, 0.15) is 11.1 Å². The SMILES string of the molecule is CN1C[C@H](C(F)(F)F)[C@@H]([N+](=O)[O-])[C@]12C(=O)N(Cc1ccccc1)c1ccccc12. The number of nitro groups is 1. The molecule has 29 heavy (non-hydrogen) atoms. The molecule has 2 aliphatic rings. The highest BCUT2D eigenvalue weighted by atomic mass is 19.4. The number of alkyl halides is 3. The van der Waals surface area contributed by atoms with Crippen LogP contribution in [0.25, 0.3) is 0 Å². The first-order valence-electron chi connectivity index (χ1n) is 9.06. The summed E-state index contributed by atoms with van der Waals surface area (Å²) in [7, 11) is 1.35. The van der Waals surface area contributed by atoms with Crippen LogP contribution in [-0.2, 0) is 16.9 Å². The maximum atomic E-state index is 13.7. The molecule has 0 radical (unpaired) electrons. The molecule has 9 heteroatoms. The molecule has 1 spiro atoms. The van der Waals surface area contributed by atoms with Gasteiger partial charge in [0.1, 0.15) is 5.92 Å². The number of amides is 1. The second-order valence-corrected chi connectivity index (χ2v) is 7.42. The first-order valence-corrected chi connectivity index (χ1v) is 9.06. The highest BCUT2D eigenvalue weighted by Crippen LogP contribution is 2.54. The van der Waals surface area contributed by atoms with Gasteiger partial charge >= 0.3 is 6.18 Å². The van der Waals surface area contributed by atoms with Gasteiger partial charge in [0.2, 0.25) is 0 Å². The van der Waals surface area contributed by atoms with Gasteiger partial charge in [-0.15, -0.1) is 0 Å². The standard InChI is InChI=1S/C20H18F3N3O3/c1-24-12-15(20(21,22)23)17(26(28)29)19(24)14-9-5-6-10-16(14)25(18(19)27)11-13-7-3-2-4-8-13/h2-10,15,17H,11-12H2,1H3/t15-,17+,19+/m0/s1. The molecule has 1 saturated heterocycles. The molecule has 6 nitrogen and oxygen atoms in total. The minimum absolute atomic E-state index is 0.118. The number of carbonyl (C=O) groups is 1. The summed E-state index contributed by atoms with van der Waals surface area (Å²) in [6, 6.07) is 13.3. The second-order valence-electron chi connectivity index (χ2n) is 7.42. The van der Waals surface area contributed by atoms with Crippen molar-refractivity contribution in [2.45, 2.75) is 24.3 Å². The highest BCUT2D eigenvalue weighted by molar-refractivity contribution is 6.08. The van der Waals surface area contributed by atoms with Crippen molar-refractivity contribution >= 4 is 11.6 Å². The molecule has 1 amide bonds. The average molecular weight is 405 g/mol. The van der Waals surface area contributed by atoms with E-state index in [-0.39, 0.29) is 12.1 Å². The third-order valence-corrected chi connectivity index (χ3v) is 5.89. The zero-order valence-corrected chi connectivity index (χ0v) is 15.5. The van der Waals surface area contributed by atoms with E-state index < -0.39 is 41.1 Å². The van der Waals surface area contributed by atoms with Crippen molar-refractivity contribution in [3.05, 3.63) is 75.8 Å². The number of halogens is 3. The Labute approximate surface area is 164 Å². The Hall–Kier alpha value is -2.94. The number of nitrogens with zero attached hydrogens (tertiary/aromatic N) is 3. The molecule has 2 heterocycles. The van der Waals surface area contributed by atoms with Crippen molar-refractivity contribution < 1.29 is 22.9 Å². The fourth-order valence-corrected chi connectivity index (χ4v) is 4.68. The van der Waals surface area contributed by atoms with Crippen LogP contribution >= 0.6 is 0 Å². The van der Waals surface area contributed by atoms with Crippen LogP contribution in [-0.4, -0.2) is 41.5 Å². The lowest BCUT2D eigenvalue weighted by molar-refractivity contribution is -0.546. The fraction of sp³-hybridized carbons (Fsp3) is 0.350. The number of anilines is 1. The molecule has 0 N–H and O–H groups in total. The van der Waals surface area contributed by atoms with Gasteiger partial charge in [0.15, 0.2) is 5.54 Å². The Kier molecular flexibility index (Phi) is 4.38. The molecule has 0 unspecified atom stereocenters. The summed E-state index contributed by atoms with van der Waals surface area (Å²) < 4.78 is 41.0. The van der Waals surface area contributed by atoms with E-state index in [2.05, 4.69) is 0 Å². The van der Waals surface area contributed by atoms with Gasteiger partial charge in [-0.1, -0.05) is 48.5 Å². The van der Waals surface area contributed by atoms with E-state index in [9.17, 15) is 28.1 Å². The summed E-state index contributed by atoms with van der Waals surface area (Å²) in [4.78, 5) is 27.1. The molecule has 0 saturated carbocycles. The second kappa shape index (κ2) is 6.55. The van der Waals surface area contributed by atoms with Crippen LogP contribution < -0.4 is 4.90 Å². The predicted octanol–water partition coefficient (Wildman–Crippen LogP) is 3.20. The van der Waals surface area contributed by atoms with Gasteiger partial charge in [0.05, 0.1) is 6.54 Å². The number of benzene rings is 2. The Balaban J connectivity index is 1.89. The molecule has 152 valence electrons. The van der Waals surface area contributed by atoms with Gasteiger partial charge in [-0.2, -0.15) is 13.2 Å². The monoisotopic (exact) mass is 405 g/mol. The summed E-state index contributed by atoms with van der Waals surface area (Å²) >= 11 is 0. The normalized spacial score (nSPS) is 26.9. The predicted molar refractivity (Wildman–Crippen MR) is 98.7 cm³/mol. The maximum Gasteiger partial charge on any atom is 0.399 e. The zero-order valence-electron chi connectivity index (χ0n) is 15.5. The highest BCUT2D eigenvalue weighted by Gasteiger charge is 2.74. The van der Waals surface area contributed by atoms with Gasteiger partial charge in [0.25, 0.3) is 11.9 Å². The average Bonchev–Trinajstić information content (AvgIpc) is 3.12. The Bertz CT molecular complexity index is 966. The van der Waals surface area contributed by atoms with E-state index in [1.165, 1.54) is 22.9 Å². The number of likely N-dealkylation sites (tertiary alicyclic amines) is 1. The molecule has 1 fully saturated rings. The van der Waals surface area contributed by atoms with E-state index in [1.54, 1.807) is 42.5 Å². The lowest BCUT2D eigenvalue weighted by atomic mass is 9.81. The zero-order chi connectivity index (χ0) is 21.0. The third-order valence-electron chi connectivity index (χ3n) is 5.89. The number of hydrogen-bond acceptors (Lipinski definition) is 4. The van der Waals surface area contributed by atoms with E-state index in [4.69, 9.17) is 0 Å². The van der Waals surface area contributed by atoms with Crippen molar-refractivity contribution in [2.24, 2.45) is 5.92 Å². The minimum atomic E-state index is -4.79. The molecular formula is C20H18F3N3O3. The topological polar surface area (TPSA) is 66.7 Å². The summed E-state index contributed by atoms with van der Waals surface area (Å²) in [5.41, 5.74) is -0.562. The summed E-state index contributed by atoms with van der Waals surface area (Å²) in [5.74, 6) is -2.94. The molecule has 0 aromatic heterocycles. The van der Waals surface area contributed by atoms with Crippen LogP contribution in [0.4, 0.5) is 18.9 Å². The number of para-hydroxylation sites is 1. The summed E-state index contributed by atoms with van der Waals surface area (Å²) in [5, 5.41) is 11.9. The van der Waals surface area contributed by atoms with Crippen LogP contribution in [0.3, 0.4) is 0 Å².